The van der Waals surface area contributed by atoms with Gasteiger partial charge in [0.1, 0.15) is 5.76 Å². The minimum atomic E-state index is -0.255. The van der Waals surface area contributed by atoms with Crippen molar-refractivity contribution in [3.63, 3.8) is 0 Å². The van der Waals surface area contributed by atoms with Crippen molar-refractivity contribution in [1.82, 2.24) is 5.43 Å². The summed E-state index contributed by atoms with van der Waals surface area (Å²) in [5.74, 6) is 0.334. The third-order valence-corrected chi connectivity index (χ3v) is 3.12. The van der Waals surface area contributed by atoms with Gasteiger partial charge in [0, 0.05) is 0 Å². The number of benzene rings is 1. The van der Waals surface area contributed by atoms with Crippen molar-refractivity contribution < 1.29 is 9.21 Å². The number of carbonyl (C=O) groups excluding carboxylic acids is 1. The molecule has 0 aliphatic carbocycles. The predicted octanol–water partition coefficient (Wildman–Crippen LogP) is 3.44. The first-order valence-electron chi connectivity index (χ1n) is 6.60. The van der Waals surface area contributed by atoms with E-state index in [1.807, 2.05) is 38.1 Å². The first-order chi connectivity index (χ1) is 9.61. The van der Waals surface area contributed by atoms with Crippen LogP contribution in [0.3, 0.4) is 0 Å². The molecule has 2 aromatic rings. The lowest BCUT2D eigenvalue weighted by Gasteiger charge is -2.05. The molecule has 0 fully saturated rings. The Morgan fingerprint density at radius 2 is 1.90 bits per heavy atom. The number of furan rings is 1. The van der Waals surface area contributed by atoms with E-state index in [9.17, 15) is 4.79 Å². The minimum absolute atomic E-state index is 0.255. The smallest absolute Gasteiger partial charge is 0.274 e. The second-order valence-electron chi connectivity index (χ2n) is 4.61. The Morgan fingerprint density at radius 1 is 1.20 bits per heavy atom. The van der Waals surface area contributed by atoms with E-state index in [0.29, 0.717) is 11.3 Å². The number of hydrazone groups is 1. The van der Waals surface area contributed by atoms with E-state index >= 15 is 0 Å². The molecule has 4 nitrogen and oxygen atoms in total. The van der Waals surface area contributed by atoms with Crippen LogP contribution < -0.4 is 5.43 Å². The van der Waals surface area contributed by atoms with Crippen molar-refractivity contribution in [3.05, 3.63) is 59.0 Å². The molecule has 0 spiro atoms. The lowest BCUT2D eigenvalue weighted by atomic mass is 10.1. The molecule has 0 saturated carbocycles. The van der Waals surface area contributed by atoms with Crippen molar-refractivity contribution in [2.24, 2.45) is 5.10 Å². The van der Waals surface area contributed by atoms with Crippen molar-refractivity contribution >= 4 is 11.6 Å². The Bertz CT molecular complexity index is 624. The number of nitrogens with one attached hydrogen (secondary N) is 1. The van der Waals surface area contributed by atoms with E-state index in [2.05, 4.69) is 10.5 Å². The number of aryl methyl sites for hydroxylation is 2. The molecule has 0 atom stereocenters. The highest BCUT2D eigenvalue weighted by Gasteiger charge is 2.11. The fourth-order valence-corrected chi connectivity index (χ4v) is 1.89. The van der Waals surface area contributed by atoms with Gasteiger partial charge in [-0.1, -0.05) is 36.8 Å². The summed E-state index contributed by atoms with van der Waals surface area (Å²) in [5, 5.41) is 4.21. The van der Waals surface area contributed by atoms with Crippen LogP contribution in [0.4, 0.5) is 0 Å². The second kappa shape index (κ2) is 6.19. The molecule has 1 aromatic carbocycles. The van der Waals surface area contributed by atoms with Gasteiger partial charge in [0.05, 0.1) is 17.5 Å². The van der Waals surface area contributed by atoms with Gasteiger partial charge < -0.3 is 4.42 Å². The third-order valence-electron chi connectivity index (χ3n) is 3.12. The first-order valence-corrected chi connectivity index (χ1v) is 6.60. The molecular formula is C16H18N2O2. The van der Waals surface area contributed by atoms with Gasteiger partial charge in [-0.3, -0.25) is 4.79 Å². The summed E-state index contributed by atoms with van der Waals surface area (Å²) in [6, 6.07) is 9.71. The van der Waals surface area contributed by atoms with Crippen LogP contribution in [0.1, 0.15) is 40.6 Å². The summed E-state index contributed by atoms with van der Waals surface area (Å²) < 4.78 is 5.11. The number of carbonyl (C=O) groups is 1. The van der Waals surface area contributed by atoms with Gasteiger partial charge in [0.15, 0.2) is 0 Å². The van der Waals surface area contributed by atoms with E-state index in [4.69, 9.17) is 4.42 Å². The van der Waals surface area contributed by atoms with Crippen LogP contribution in [-0.2, 0) is 0 Å². The SMILES string of the molecule is CCC(=NNC(=O)c1ccoc1C)c1ccc(C)cc1. The van der Waals surface area contributed by atoms with Gasteiger partial charge in [0.2, 0.25) is 0 Å². The summed E-state index contributed by atoms with van der Waals surface area (Å²) in [5.41, 5.74) is 6.15. The number of rotatable bonds is 4. The van der Waals surface area contributed by atoms with Gasteiger partial charge in [-0.2, -0.15) is 5.10 Å². The van der Waals surface area contributed by atoms with Gasteiger partial charge in [-0.25, -0.2) is 5.43 Å². The van der Waals surface area contributed by atoms with Gasteiger partial charge in [-0.15, -0.1) is 0 Å². The fraction of sp³-hybridized carbons (Fsp3) is 0.250. The molecule has 0 aliphatic heterocycles. The molecule has 0 unspecified atom stereocenters. The molecule has 1 amide bonds. The van der Waals surface area contributed by atoms with Crippen molar-refractivity contribution in [1.29, 1.82) is 0 Å². The number of hydrogen-bond donors (Lipinski definition) is 1. The quantitative estimate of drug-likeness (QED) is 0.683. The van der Waals surface area contributed by atoms with Crippen LogP contribution in [0.5, 0.6) is 0 Å². The van der Waals surface area contributed by atoms with Crippen LogP contribution in [0.2, 0.25) is 0 Å². The molecule has 1 N–H and O–H groups in total. The van der Waals surface area contributed by atoms with E-state index in [0.717, 1.165) is 17.7 Å². The Balaban J connectivity index is 2.14. The van der Waals surface area contributed by atoms with Crippen LogP contribution in [0.25, 0.3) is 0 Å². The summed E-state index contributed by atoms with van der Waals surface area (Å²) in [6.07, 6.45) is 2.24. The molecule has 104 valence electrons. The first kappa shape index (κ1) is 14.1. The zero-order valence-corrected chi connectivity index (χ0v) is 11.9. The van der Waals surface area contributed by atoms with Crippen LogP contribution >= 0.6 is 0 Å². The van der Waals surface area contributed by atoms with Crippen LogP contribution in [0.15, 0.2) is 46.1 Å². The maximum Gasteiger partial charge on any atom is 0.274 e. The summed E-state index contributed by atoms with van der Waals surface area (Å²) >= 11 is 0. The topological polar surface area (TPSA) is 54.6 Å². The maximum atomic E-state index is 12.0. The summed E-state index contributed by atoms with van der Waals surface area (Å²) in [7, 11) is 0. The molecule has 0 aliphatic rings. The standard InChI is InChI=1S/C16H18N2O2/c1-4-15(13-7-5-11(2)6-8-13)17-18-16(19)14-9-10-20-12(14)3/h5-10H,4H2,1-3H3,(H,18,19). The lowest BCUT2D eigenvalue weighted by Crippen LogP contribution is -2.20. The Hall–Kier alpha value is -2.36. The molecule has 0 saturated heterocycles. The van der Waals surface area contributed by atoms with E-state index in [1.165, 1.54) is 11.8 Å². The Kier molecular flexibility index (Phi) is 4.35. The van der Waals surface area contributed by atoms with Gasteiger partial charge >= 0.3 is 0 Å². The Labute approximate surface area is 118 Å². The van der Waals surface area contributed by atoms with Crippen LogP contribution in [-0.4, -0.2) is 11.6 Å². The highest BCUT2D eigenvalue weighted by Crippen LogP contribution is 2.09. The maximum absolute atomic E-state index is 12.0. The van der Waals surface area contributed by atoms with Crippen molar-refractivity contribution in [2.45, 2.75) is 27.2 Å². The molecule has 1 aromatic heterocycles. The second-order valence-corrected chi connectivity index (χ2v) is 4.61. The van der Waals surface area contributed by atoms with Crippen LogP contribution in [0, 0.1) is 13.8 Å². The molecule has 20 heavy (non-hydrogen) atoms. The average molecular weight is 270 g/mol. The normalized spacial score (nSPS) is 11.4. The highest BCUT2D eigenvalue weighted by atomic mass is 16.3. The number of hydrogen-bond acceptors (Lipinski definition) is 3. The molecule has 0 radical (unpaired) electrons. The van der Waals surface area contributed by atoms with E-state index in [-0.39, 0.29) is 5.91 Å². The minimum Gasteiger partial charge on any atom is -0.469 e. The zero-order valence-electron chi connectivity index (χ0n) is 11.9. The number of nitrogens with zero attached hydrogens (tertiary/aromatic N) is 1. The fourth-order valence-electron chi connectivity index (χ4n) is 1.89. The highest BCUT2D eigenvalue weighted by molar-refractivity contribution is 6.02. The zero-order chi connectivity index (χ0) is 14.5. The Morgan fingerprint density at radius 3 is 2.45 bits per heavy atom. The largest absolute Gasteiger partial charge is 0.469 e. The number of amides is 1. The molecule has 2 rings (SSSR count). The molecule has 0 bridgehead atoms. The average Bonchev–Trinajstić information content (AvgIpc) is 2.87. The van der Waals surface area contributed by atoms with E-state index < -0.39 is 0 Å². The van der Waals surface area contributed by atoms with Gasteiger partial charge in [-0.05, 0) is 31.9 Å². The molecule has 1 heterocycles. The molecular weight excluding hydrogens is 252 g/mol. The molecule has 4 heteroatoms. The monoisotopic (exact) mass is 270 g/mol. The van der Waals surface area contributed by atoms with Gasteiger partial charge in [0.25, 0.3) is 5.91 Å². The van der Waals surface area contributed by atoms with Crippen molar-refractivity contribution in [3.8, 4) is 0 Å². The predicted molar refractivity (Wildman–Crippen MR) is 78.9 cm³/mol. The third kappa shape index (κ3) is 3.15. The van der Waals surface area contributed by atoms with Crippen molar-refractivity contribution in [2.75, 3.05) is 0 Å². The van der Waals surface area contributed by atoms with E-state index in [1.54, 1.807) is 13.0 Å². The lowest BCUT2D eigenvalue weighted by molar-refractivity contribution is 0.0953. The summed E-state index contributed by atoms with van der Waals surface area (Å²) in [4.78, 5) is 12.0. The summed E-state index contributed by atoms with van der Waals surface area (Å²) in [6.45, 7) is 5.79.